The number of nitrogens with one attached hydrogen (secondary N) is 1. The predicted molar refractivity (Wildman–Crippen MR) is 81.1 cm³/mol. The Kier molecular flexibility index (Phi) is 3.17. The first-order chi connectivity index (χ1) is 10.2. The summed E-state index contributed by atoms with van der Waals surface area (Å²) in [5.74, 6) is 0.0488. The number of ether oxygens (including phenoxy) is 1. The number of hydrogen-bond acceptors (Lipinski definition) is 1. The van der Waals surface area contributed by atoms with Crippen LogP contribution in [0.3, 0.4) is 0 Å². The highest BCUT2D eigenvalue weighted by Crippen LogP contribution is 2.35. The minimum atomic E-state index is -0.479. The largest absolute Gasteiger partial charge is 0.455 e. The highest BCUT2D eigenvalue weighted by molar-refractivity contribution is 5.91. The van der Waals surface area contributed by atoms with E-state index in [1.54, 1.807) is 36.5 Å². The van der Waals surface area contributed by atoms with Crippen LogP contribution in [-0.4, -0.2) is 4.98 Å². The second kappa shape index (κ2) is 5.14. The fraction of sp³-hybridized carbons (Fsp3) is 0. The van der Waals surface area contributed by atoms with Gasteiger partial charge in [0.15, 0.2) is 17.3 Å². The van der Waals surface area contributed by atoms with Crippen molar-refractivity contribution in [2.24, 2.45) is 0 Å². The molecule has 0 amide bonds. The van der Waals surface area contributed by atoms with Gasteiger partial charge in [-0.3, -0.25) is 0 Å². The lowest BCUT2D eigenvalue weighted by Crippen LogP contribution is -1.92. The van der Waals surface area contributed by atoms with E-state index in [2.05, 4.69) is 16.4 Å². The molecule has 0 radical (unpaired) electrons. The molecule has 1 heterocycles. The number of H-pyrrole nitrogens is 1. The molecule has 0 unspecified atom stereocenters. The summed E-state index contributed by atoms with van der Waals surface area (Å²) in [6.45, 7) is 10.7. The Morgan fingerprint density at radius 2 is 2.14 bits per heavy atom. The lowest BCUT2D eigenvalue weighted by Gasteiger charge is -2.11. The molecule has 0 spiro atoms. The third kappa shape index (κ3) is 2.26. The Bertz CT molecular complexity index is 874. The second-order valence-corrected chi connectivity index (χ2v) is 4.46. The van der Waals surface area contributed by atoms with E-state index >= 15 is 0 Å². The van der Waals surface area contributed by atoms with Gasteiger partial charge >= 0.3 is 0 Å². The molecule has 2 aromatic carbocycles. The normalized spacial score (nSPS) is 10.3. The van der Waals surface area contributed by atoms with Crippen LogP contribution in [0.15, 0.2) is 49.2 Å². The first-order valence-corrected chi connectivity index (χ1v) is 6.30. The third-order valence-corrected chi connectivity index (χ3v) is 3.17. The van der Waals surface area contributed by atoms with Gasteiger partial charge in [-0.2, -0.15) is 0 Å². The molecule has 21 heavy (non-hydrogen) atoms. The zero-order valence-electron chi connectivity index (χ0n) is 11.1. The molecule has 3 aromatic rings. The van der Waals surface area contributed by atoms with E-state index in [1.807, 2.05) is 6.07 Å². The molecule has 3 rings (SSSR count). The summed E-state index contributed by atoms with van der Waals surface area (Å²) < 4.78 is 19.9. The minimum absolute atomic E-state index is 0.110. The number of fused-ring (bicyclic) bond motifs is 1. The highest BCUT2D eigenvalue weighted by Gasteiger charge is 2.14. The number of benzene rings is 2. The topological polar surface area (TPSA) is 29.4 Å². The Labute approximate surface area is 121 Å². The summed E-state index contributed by atoms with van der Waals surface area (Å²) in [6, 6.07) is 9.84. The Balaban J connectivity index is 2.13. The van der Waals surface area contributed by atoms with Crippen molar-refractivity contribution in [1.29, 1.82) is 0 Å². The Morgan fingerprint density at radius 1 is 1.29 bits per heavy atom. The number of aromatic amines is 1. The summed E-state index contributed by atoms with van der Waals surface area (Å²) in [6.07, 6.45) is 3.30. The maximum atomic E-state index is 14.3. The van der Waals surface area contributed by atoms with E-state index in [1.165, 1.54) is 6.07 Å². The molecule has 0 aliphatic carbocycles. The van der Waals surface area contributed by atoms with Gasteiger partial charge in [-0.15, -0.1) is 0 Å². The lowest BCUT2D eigenvalue weighted by molar-refractivity contribution is 0.442. The van der Waals surface area contributed by atoms with Gasteiger partial charge in [0.1, 0.15) is 5.75 Å². The molecule has 0 aliphatic rings. The van der Waals surface area contributed by atoms with E-state index < -0.39 is 5.82 Å². The van der Waals surface area contributed by atoms with Crippen LogP contribution in [0.4, 0.5) is 10.1 Å². The average molecular weight is 278 g/mol. The van der Waals surface area contributed by atoms with Crippen molar-refractivity contribution < 1.29 is 9.13 Å². The van der Waals surface area contributed by atoms with E-state index in [0.29, 0.717) is 22.5 Å². The fourth-order valence-electron chi connectivity index (χ4n) is 2.22. The van der Waals surface area contributed by atoms with Crippen molar-refractivity contribution in [3.05, 3.63) is 72.0 Å². The second-order valence-electron chi connectivity index (χ2n) is 4.46. The molecule has 1 N–H and O–H groups in total. The number of aromatic nitrogens is 1. The van der Waals surface area contributed by atoms with Gasteiger partial charge in [0, 0.05) is 28.7 Å². The zero-order valence-corrected chi connectivity index (χ0v) is 11.1. The highest BCUT2D eigenvalue weighted by atomic mass is 19.1. The summed E-state index contributed by atoms with van der Waals surface area (Å²) in [7, 11) is 0. The summed E-state index contributed by atoms with van der Waals surface area (Å²) in [5, 5.41) is 0.836. The average Bonchev–Trinajstić information content (AvgIpc) is 2.96. The summed E-state index contributed by atoms with van der Waals surface area (Å²) in [5.41, 5.74) is 1.71. The van der Waals surface area contributed by atoms with E-state index in [9.17, 15) is 4.39 Å². The predicted octanol–water partition coefficient (Wildman–Crippen LogP) is 5.29. The molecule has 0 saturated heterocycles. The standard InChI is InChI=1S/C17H11FN2O/c1-3-13-14-7-8-20-16(14)10-15(18)17(13)21-12-6-4-5-11(9-12)19-2/h3-10,20H,1H2. The molecule has 0 saturated carbocycles. The van der Waals surface area contributed by atoms with Crippen molar-refractivity contribution in [2.45, 2.75) is 0 Å². The molecular weight excluding hydrogens is 267 g/mol. The number of hydrogen-bond donors (Lipinski definition) is 1. The summed E-state index contributed by atoms with van der Waals surface area (Å²) >= 11 is 0. The van der Waals surface area contributed by atoms with Crippen LogP contribution < -0.4 is 4.74 Å². The molecule has 1 aromatic heterocycles. The van der Waals surface area contributed by atoms with Gasteiger partial charge in [-0.05, 0) is 18.2 Å². The van der Waals surface area contributed by atoms with Crippen molar-refractivity contribution in [2.75, 3.05) is 0 Å². The van der Waals surface area contributed by atoms with E-state index in [0.717, 1.165) is 5.39 Å². The summed E-state index contributed by atoms with van der Waals surface area (Å²) in [4.78, 5) is 6.29. The maximum Gasteiger partial charge on any atom is 0.190 e. The Morgan fingerprint density at radius 3 is 2.90 bits per heavy atom. The monoisotopic (exact) mass is 278 g/mol. The SMILES string of the molecule is [C-]#[N+]c1cccc(Oc2c(F)cc3[nH]ccc3c2C=C)c1. The molecule has 0 atom stereocenters. The number of halogens is 1. The molecule has 3 nitrogen and oxygen atoms in total. The van der Waals surface area contributed by atoms with Crippen molar-refractivity contribution in [3.8, 4) is 11.5 Å². The molecule has 102 valence electrons. The molecule has 0 bridgehead atoms. The first kappa shape index (κ1) is 12.9. The van der Waals surface area contributed by atoms with Gasteiger partial charge in [0.2, 0.25) is 0 Å². The molecular formula is C17H11FN2O. The lowest BCUT2D eigenvalue weighted by atomic mass is 10.1. The fourth-order valence-corrected chi connectivity index (χ4v) is 2.22. The van der Waals surface area contributed by atoms with Crippen LogP contribution in [0.25, 0.3) is 21.8 Å². The molecule has 0 fully saturated rings. The quantitative estimate of drug-likeness (QED) is 0.648. The van der Waals surface area contributed by atoms with E-state index in [4.69, 9.17) is 11.3 Å². The van der Waals surface area contributed by atoms with E-state index in [-0.39, 0.29) is 5.75 Å². The Hall–Kier alpha value is -3.06. The van der Waals surface area contributed by atoms with Crippen molar-refractivity contribution in [1.82, 2.24) is 4.98 Å². The van der Waals surface area contributed by atoms with Gasteiger partial charge in [-0.25, -0.2) is 9.24 Å². The minimum Gasteiger partial charge on any atom is -0.455 e. The smallest absolute Gasteiger partial charge is 0.190 e. The maximum absolute atomic E-state index is 14.3. The number of nitrogens with zero attached hydrogens (tertiary/aromatic N) is 1. The van der Waals surface area contributed by atoms with Crippen LogP contribution >= 0.6 is 0 Å². The molecule has 0 aliphatic heterocycles. The van der Waals surface area contributed by atoms with Gasteiger partial charge in [0.25, 0.3) is 0 Å². The first-order valence-electron chi connectivity index (χ1n) is 6.30. The zero-order chi connectivity index (χ0) is 14.8. The molecule has 4 heteroatoms. The van der Waals surface area contributed by atoms with Crippen LogP contribution in [0.2, 0.25) is 0 Å². The third-order valence-electron chi connectivity index (χ3n) is 3.17. The van der Waals surface area contributed by atoms with Crippen molar-refractivity contribution in [3.63, 3.8) is 0 Å². The van der Waals surface area contributed by atoms with Crippen molar-refractivity contribution >= 4 is 22.7 Å². The number of rotatable bonds is 3. The van der Waals surface area contributed by atoms with Gasteiger partial charge < -0.3 is 9.72 Å². The van der Waals surface area contributed by atoms with Crippen LogP contribution in [0.1, 0.15) is 5.56 Å². The van der Waals surface area contributed by atoms with Crippen LogP contribution in [0, 0.1) is 12.4 Å². The van der Waals surface area contributed by atoms with Gasteiger partial charge in [0.05, 0.1) is 6.57 Å². The van der Waals surface area contributed by atoms with Gasteiger partial charge in [-0.1, -0.05) is 24.8 Å². The van der Waals surface area contributed by atoms with Crippen LogP contribution in [0.5, 0.6) is 11.5 Å². The van der Waals surface area contributed by atoms with Crippen LogP contribution in [-0.2, 0) is 0 Å².